The number of thioether (sulfide) groups is 1. The SMILES string of the molecule is O=C1Oc2ccccc2[C@H]2c3sc(=O)[nH]c3S[C@H](C(=O)O)[C@H]12. The molecule has 3 atom stereocenters. The average Bonchev–Trinajstić information content (AvgIpc) is 2.86. The van der Waals surface area contributed by atoms with Crippen molar-refractivity contribution in [3.63, 3.8) is 0 Å². The van der Waals surface area contributed by atoms with Gasteiger partial charge in [0.25, 0.3) is 0 Å². The predicted molar refractivity (Wildman–Crippen MR) is 79.6 cm³/mol. The van der Waals surface area contributed by atoms with Gasteiger partial charge in [-0.05, 0) is 6.07 Å². The Kier molecular flexibility index (Phi) is 2.92. The first-order valence-corrected chi connectivity index (χ1v) is 8.19. The number of hydrogen-bond donors (Lipinski definition) is 2. The maximum atomic E-state index is 12.3. The van der Waals surface area contributed by atoms with E-state index >= 15 is 0 Å². The van der Waals surface area contributed by atoms with Crippen molar-refractivity contribution in [2.45, 2.75) is 16.2 Å². The number of aromatic amines is 1. The molecule has 112 valence electrons. The number of carboxylic acids is 1. The highest BCUT2D eigenvalue weighted by molar-refractivity contribution is 8.00. The van der Waals surface area contributed by atoms with Gasteiger partial charge in [0, 0.05) is 16.4 Å². The number of aliphatic carboxylic acids is 1. The summed E-state index contributed by atoms with van der Waals surface area (Å²) in [5, 5.41) is 9.01. The molecule has 1 aromatic heterocycles. The van der Waals surface area contributed by atoms with Crippen LogP contribution in [0.2, 0.25) is 0 Å². The number of benzene rings is 1. The lowest BCUT2D eigenvalue weighted by atomic mass is 9.80. The molecule has 1 aromatic carbocycles. The van der Waals surface area contributed by atoms with Gasteiger partial charge in [0.05, 0.1) is 10.9 Å². The fourth-order valence-electron chi connectivity index (χ4n) is 2.96. The Balaban J connectivity index is 1.99. The number of hydrogen-bond acceptors (Lipinski definition) is 6. The van der Waals surface area contributed by atoms with Crippen LogP contribution in [0.1, 0.15) is 16.4 Å². The smallest absolute Gasteiger partial charge is 0.317 e. The molecule has 0 aliphatic carbocycles. The predicted octanol–water partition coefficient (Wildman–Crippen LogP) is 1.66. The number of carboxylic acid groups (broad SMARTS) is 1. The Morgan fingerprint density at radius 1 is 1.27 bits per heavy atom. The number of fused-ring (bicyclic) bond motifs is 5. The van der Waals surface area contributed by atoms with Crippen molar-refractivity contribution >= 4 is 35.0 Å². The lowest BCUT2D eigenvalue weighted by Crippen LogP contribution is -2.44. The second-order valence-electron chi connectivity index (χ2n) is 5.05. The number of rotatable bonds is 1. The van der Waals surface area contributed by atoms with E-state index in [1.165, 1.54) is 0 Å². The molecule has 8 heteroatoms. The number of aromatic nitrogens is 1. The van der Waals surface area contributed by atoms with Gasteiger partial charge in [0.2, 0.25) is 0 Å². The zero-order valence-electron chi connectivity index (χ0n) is 10.9. The number of carbonyl (C=O) groups is 2. The second-order valence-corrected chi connectivity index (χ2v) is 7.21. The monoisotopic (exact) mass is 335 g/mol. The lowest BCUT2D eigenvalue weighted by molar-refractivity contribution is -0.147. The molecule has 0 radical (unpaired) electrons. The second kappa shape index (κ2) is 4.72. The Morgan fingerprint density at radius 3 is 2.82 bits per heavy atom. The number of para-hydroxylation sites is 1. The summed E-state index contributed by atoms with van der Waals surface area (Å²) in [5.74, 6) is -2.52. The summed E-state index contributed by atoms with van der Waals surface area (Å²) in [4.78, 5) is 38.7. The van der Waals surface area contributed by atoms with Crippen molar-refractivity contribution in [2.75, 3.05) is 0 Å². The number of nitrogens with one attached hydrogen (secondary N) is 1. The van der Waals surface area contributed by atoms with Gasteiger partial charge in [0.15, 0.2) is 0 Å². The standard InChI is InChI=1S/C14H9NO5S2/c16-12(17)10-8-7(9-11(21-10)15-14(19)22-9)5-3-1-2-4-6(5)20-13(8)18/h1-4,7-8,10H,(H,15,19)(H,16,17)/t7-,8-,10+/m1/s1. The van der Waals surface area contributed by atoms with Crippen LogP contribution in [0.15, 0.2) is 34.1 Å². The summed E-state index contributed by atoms with van der Waals surface area (Å²) < 4.78 is 5.30. The van der Waals surface area contributed by atoms with Gasteiger partial charge >= 0.3 is 16.8 Å². The molecule has 4 rings (SSSR count). The van der Waals surface area contributed by atoms with Gasteiger partial charge < -0.3 is 14.8 Å². The largest absolute Gasteiger partial charge is 0.480 e. The van der Waals surface area contributed by atoms with Crippen molar-refractivity contribution in [2.24, 2.45) is 5.92 Å². The van der Waals surface area contributed by atoms with E-state index in [-0.39, 0.29) is 4.87 Å². The minimum Gasteiger partial charge on any atom is -0.480 e. The van der Waals surface area contributed by atoms with Crippen LogP contribution in [0.25, 0.3) is 0 Å². The number of carbonyl (C=O) groups excluding carboxylic acids is 1. The number of thiazole rings is 1. The molecule has 2 aliphatic heterocycles. The molecule has 0 saturated heterocycles. The van der Waals surface area contributed by atoms with E-state index in [4.69, 9.17) is 4.74 Å². The molecule has 0 bridgehead atoms. The molecule has 0 saturated carbocycles. The first kappa shape index (κ1) is 13.6. The highest BCUT2D eigenvalue weighted by atomic mass is 32.2. The Morgan fingerprint density at radius 2 is 2.05 bits per heavy atom. The molecule has 6 nitrogen and oxygen atoms in total. The topological polar surface area (TPSA) is 96.5 Å². The van der Waals surface area contributed by atoms with Crippen LogP contribution in [0.3, 0.4) is 0 Å². The fraction of sp³-hybridized carbons (Fsp3) is 0.214. The number of H-pyrrole nitrogens is 1. The maximum absolute atomic E-state index is 12.3. The Labute approximate surface area is 132 Å². The molecular weight excluding hydrogens is 326 g/mol. The summed E-state index contributed by atoms with van der Waals surface area (Å²) in [5.41, 5.74) is 0.746. The minimum atomic E-state index is -1.09. The van der Waals surface area contributed by atoms with Crippen LogP contribution in [-0.2, 0) is 9.59 Å². The molecule has 3 heterocycles. The van der Waals surface area contributed by atoms with Crippen molar-refractivity contribution in [1.29, 1.82) is 0 Å². The van der Waals surface area contributed by atoms with E-state index in [0.717, 1.165) is 28.7 Å². The summed E-state index contributed by atoms with van der Waals surface area (Å²) in [6, 6.07) is 7.04. The molecular formula is C14H9NO5S2. The van der Waals surface area contributed by atoms with Crippen LogP contribution < -0.4 is 9.61 Å². The summed E-state index contributed by atoms with van der Waals surface area (Å²) in [7, 11) is 0. The minimum absolute atomic E-state index is 0.251. The van der Waals surface area contributed by atoms with Crippen LogP contribution in [0.5, 0.6) is 5.75 Å². The quantitative estimate of drug-likeness (QED) is 0.608. The van der Waals surface area contributed by atoms with Crippen LogP contribution >= 0.6 is 23.1 Å². The molecule has 0 unspecified atom stereocenters. The summed E-state index contributed by atoms with van der Waals surface area (Å²) in [6.45, 7) is 0. The average molecular weight is 335 g/mol. The Hall–Kier alpha value is -2.06. The maximum Gasteiger partial charge on any atom is 0.317 e. The molecule has 2 aliphatic rings. The normalized spacial score (nSPS) is 25.6. The zero-order chi connectivity index (χ0) is 15.4. The third kappa shape index (κ3) is 1.84. The molecule has 0 amide bonds. The first-order chi connectivity index (χ1) is 10.6. The van der Waals surface area contributed by atoms with Gasteiger partial charge in [-0.15, -0.1) is 0 Å². The van der Waals surface area contributed by atoms with E-state index in [2.05, 4.69) is 4.98 Å². The third-order valence-corrected chi connectivity index (χ3v) is 6.24. The third-order valence-electron chi connectivity index (χ3n) is 3.83. The first-order valence-electron chi connectivity index (χ1n) is 6.49. The van der Waals surface area contributed by atoms with Crippen molar-refractivity contribution in [3.05, 3.63) is 44.4 Å². The van der Waals surface area contributed by atoms with E-state index < -0.39 is 29.0 Å². The summed E-state index contributed by atoms with van der Waals surface area (Å²) in [6.07, 6.45) is 0. The van der Waals surface area contributed by atoms with E-state index in [9.17, 15) is 19.5 Å². The van der Waals surface area contributed by atoms with Crippen molar-refractivity contribution in [3.8, 4) is 5.75 Å². The van der Waals surface area contributed by atoms with E-state index in [1.54, 1.807) is 12.1 Å². The van der Waals surface area contributed by atoms with Gasteiger partial charge in [-0.3, -0.25) is 14.4 Å². The highest BCUT2D eigenvalue weighted by Crippen LogP contribution is 2.53. The number of ether oxygens (including phenoxy) is 1. The zero-order valence-corrected chi connectivity index (χ0v) is 12.6. The van der Waals surface area contributed by atoms with Gasteiger partial charge in [-0.25, -0.2) is 0 Å². The highest BCUT2D eigenvalue weighted by Gasteiger charge is 2.51. The van der Waals surface area contributed by atoms with Gasteiger partial charge in [-0.2, -0.15) is 0 Å². The van der Waals surface area contributed by atoms with Crippen molar-refractivity contribution in [1.82, 2.24) is 4.98 Å². The molecule has 22 heavy (non-hydrogen) atoms. The molecule has 0 fully saturated rings. The molecule has 2 N–H and O–H groups in total. The van der Waals surface area contributed by atoms with E-state index in [0.29, 0.717) is 15.7 Å². The fourth-order valence-corrected chi connectivity index (χ4v) is 5.36. The van der Waals surface area contributed by atoms with Crippen LogP contribution in [-0.4, -0.2) is 27.3 Å². The van der Waals surface area contributed by atoms with Crippen molar-refractivity contribution < 1.29 is 19.4 Å². The lowest BCUT2D eigenvalue weighted by Gasteiger charge is -2.37. The Bertz CT molecular complexity index is 855. The van der Waals surface area contributed by atoms with Crippen LogP contribution in [0.4, 0.5) is 0 Å². The molecule has 0 spiro atoms. The van der Waals surface area contributed by atoms with Crippen LogP contribution in [0, 0.1) is 5.92 Å². The number of esters is 1. The van der Waals surface area contributed by atoms with Gasteiger partial charge in [0.1, 0.15) is 11.0 Å². The molecule has 2 aromatic rings. The van der Waals surface area contributed by atoms with Gasteiger partial charge in [-0.1, -0.05) is 41.3 Å². The van der Waals surface area contributed by atoms with E-state index in [1.807, 2.05) is 12.1 Å². The summed E-state index contributed by atoms with van der Waals surface area (Å²) >= 11 is 2.03.